The molecule has 4 heteroatoms. The first-order valence-electron chi connectivity index (χ1n) is 6.48. The van der Waals surface area contributed by atoms with E-state index in [0.29, 0.717) is 18.7 Å². The summed E-state index contributed by atoms with van der Waals surface area (Å²) in [6.45, 7) is 2.85. The van der Waals surface area contributed by atoms with Crippen LogP contribution in [0.25, 0.3) is 0 Å². The molecule has 0 aliphatic heterocycles. The summed E-state index contributed by atoms with van der Waals surface area (Å²) in [5.41, 5.74) is 1.46. The number of hydrogen-bond donors (Lipinski definition) is 0. The van der Waals surface area contributed by atoms with E-state index in [2.05, 4.69) is 0 Å². The van der Waals surface area contributed by atoms with Gasteiger partial charge in [0.1, 0.15) is 17.3 Å². The van der Waals surface area contributed by atoms with Crippen LogP contribution in [0.3, 0.4) is 0 Å². The van der Waals surface area contributed by atoms with Crippen LogP contribution in [0.2, 0.25) is 0 Å². The summed E-state index contributed by atoms with van der Waals surface area (Å²) in [6, 6.07) is 12.2. The Kier molecular flexibility index (Phi) is 4.96. The van der Waals surface area contributed by atoms with Crippen LogP contribution in [0.15, 0.2) is 42.5 Å². The molecule has 0 bridgehead atoms. The zero-order valence-electron chi connectivity index (χ0n) is 11.2. The molecule has 0 N–H and O–H groups in total. The lowest BCUT2D eigenvalue weighted by molar-refractivity contribution is 0.569. The van der Waals surface area contributed by atoms with Gasteiger partial charge in [-0.2, -0.15) is 0 Å². The van der Waals surface area contributed by atoms with Crippen molar-refractivity contribution in [2.75, 3.05) is 11.4 Å². The number of rotatable bonds is 5. The molecule has 0 amide bonds. The van der Waals surface area contributed by atoms with Crippen molar-refractivity contribution >= 4 is 17.3 Å². The van der Waals surface area contributed by atoms with Gasteiger partial charge < -0.3 is 4.90 Å². The SMILES string of the molecule is CCN(Cc1ccccc1)c1c(F)cc(CCl)cc1F. The minimum atomic E-state index is -0.571. The van der Waals surface area contributed by atoms with E-state index in [0.717, 1.165) is 5.56 Å². The molecule has 20 heavy (non-hydrogen) atoms. The Bertz CT molecular complexity index is 549. The highest BCUT2D eigenvalue weighted by molar-refractivity contribution is 6.17. The second-order valence-electron chi connectivity index (χ2n) is 4.54. The molecule has 0 atom stereocenters. The van der Waals surface area contributed by atoms with E-state index in [9.17, 15) is 8.78 Å². The highest BCUT2D eigenvalue weighted by Crippen LogP contribution is 2.27. The van der Waals surface area contributed by atoms with Gasteiger partial charge in [0.25, 0.3) is 0 Å². The molecule has 0 spiro atoms. The molecule has 2 aromatic rings. The third-order valence-electron chi connectivity index (χ3n) is 3.15. The Labute approximate surface area is 122 Å². The second-order valence-corrected chi connectivity index (χ2v) is 4.81. The largest absolute Gasteiger partial charge is 0.363 e. The van der Waals surface area contributed by atoms with E-state index < -0.39 is 11.6 Å². The maximum atomic E-state index is 14.1. The van der Waals surface area contributed by atoms with Gasteiger partial charge in [0.05, 0.1) is 0 Å². The molecule has 0 unspecified atom stereocenters. The van der Waals surface area contributed by atoms with E-state index in [1.807, 2.05) is 37.3 Å². The molecule has 2 rings (SSSR count). The quantitative estimate of drug-likeness (QED) is 0.721. The summed E-state index contributed by atoms with van der Waals surface area (Å²) in [7, 11) is 0. The standard InChI is InChI=1S/C16H16ClF2N/c1-2-20(11-12-6-4-3-5-7-12)16-14(18)8-13(10-17)9-15(16)19/h3-9H,2,10-11H2,1H3. The van der Waals surface area contributed by atoms with Gasteiger partial charge >= 0.3 is 0 Å². The van der Waals surface area contributed by atoms with Crippen LogP contribution in [0.1, 0.15) is 18.1 Å². The van der Waals surface area contributed by atoms with E-state index >= 15 is 0 Å². The summed E-state index contributed by atoms with van der Waals surface area (Å²) < 4.78 is 28.2. The monoisotopic (exact) mass is 295 g/mol. The van der Waals surface area contributed by atoms with Crippen LogP contribution in [-0.2, 0) is 12.4 Å². The van der Waals surface area contributed by atoms with Crippen molar-refractivity contribution in [2.45, 2.75) is 19.3 Å². The number of benzene rings is 2. The van der Waals surface area contributed by atoms with Crippen molar-refractivity contribution in [3.63, 3.8) is 0 Å². The first-order valence-corrected chi connectivity index (χ1v) is 7.02. The van der Waals surface area contributed by atoms with E-state index in [1.54, 1.807) is 4.90 Å². The number of nitrogens with zero attached hydrogens (tertiary/aromatic N) is 1. The van der Waals surface area contributed by atoms with Gasteiger partial charge in [-0.15, -0.1) is 11.6 Å². The maximum Gasteiger partial charge on any atom is 0.149 e. The van der Waals surface area contributed by atoms with E-state index in [-0.39, 0.29) is 11.6 Å². The Morgan fingerprint density at radius 3 is 2.10 bits per heavy atom. The van der Waals surface area contributed by atoms with Gasteiger partial charge in [-0.1, -0.05) is 30.3 Å². The maximum absolute atomic E-state index is 14.1. The van der Waals surface area contributed by atoms with Gasteiger partial charge in [-0.25, -0.2) is 8.78 Å². The lowest BCUT2D eigenvalue weighted by Gasteiger charge is -2.24. The summed E-state index contributed by atoms with van der Waals surface area (Å²) in [5, 5.41) is 0. The minimum Gasteiger partial charge on any atom is -0.363 e. The molecule has 0 saturated heterocycles. The van der Waals surface area contributed by atoms with E-state index in [4.69, 9.17) is 11.6 Å². The topological polar surface area (TPSA) is 3.24 Å². The molecular formula is C16H16ClF2N. The lowest BCUT2D eigenvalue weighted by atomic mass is 10.1. The van der Waals surface area contributed by atoms with Crippen LogP contribution in [-0.4, -0.2) is 6.54 Å². The van der Waals surface area contributed by atoms with Gasteiger partial charge in [0.2, 0.25) is 0 Å². The van der Waals surface area contributed by atoms with Crippen molar-refractivity contribution in [3.05, 3.63) is 65.2 Å². The molecule has 0 saturated carbocycles. The van der Waals surface area contributed by atoms with Crippen LogP contribution < -0.4 is 4.90 Å². The highest BCUT2D eigenvalue weighted by Gasteiger charge is 2.17. The van der Waals surface area contributed by atoms with Crippen LogP contribution in [0.5, 0.6) is 0 Å². The normalized spacial score (nSPS) is 10.6. The van der Waals surface area contributed by atoms with Gasteiger partial charge in [0, 0.05) is 19.0 Å². The van der Waals surface area contributed by atoms with Gasteiger partial charge in [0.15, 0.2) is 0 Å². The summed E-state index contributed by atoms with van der Waals surface area (Å²) in [4.78, 5) is 1.68. The molecule has 1 nitrogen and oxygen atoms in total. The summed E-state index contributed by atoms with van der Waals surface area (Å²) >= 11 is 5.62. The van der Waals surface area contributed by atoms with Crippen LogP contribution in [0, 0.1) is 11.6 Å². The minimum absolute atomic E-state index is 0.00483. The van der Waals surface area contributed by atoms with Crippen LogP contribution >= 0.6 is 11.6 Å². The van der Waals surface area contributed by atoms with Crippen molar-refractivity contribution in [1.29, 1.82) is 0 Å². The number of anilines is 1. The Morgan fingerprint density at radius 1 is 1.00 bits per heavy atom. The second kappa shape index (κ2) is 6.71. The van der Waals surface area contributed by atoms with Crippen molar-refractivity contribution in [3.8, 4) is 0 Å². The van der Waals surface area contributed by atoms with Crippen molar-refractivity contribution < 1.29 is 8.78 Å². The first-order chi connectivity index (χ1) is 9.65. The first kappa shape index (κ1) is 14.8. The average Bonchev–Trinajstić information content (AvgIpc) is 2.46. The smallest absolute Gasteiger partial charge is 0.149 e. The van der Waals surface area contributed by atoms with E-state index in [1.165, 1.54) is 12.1 Å². The molecule has 0 aliphatic rings. The lowest BCUT2D eigenvalue weighted by Crippen LogP contribution is -2.24. The molecular weight excluding hydrogens is 280 g/mol. The molecule has 0 aliphatic carbocycles. The fourth-order valence-electron chi connectivity index (χ4n) is 2.15. The van der Waals surface area contributed by atoms with Crippen molar-refractivity contribution in [1.82, 2.24) is 0 Å². The zero-order chi connectivity index (χ0) is 14.5. The Hall–Kier alpha value is -1.61. The summed E-state index contributed by atoms with van der Waals surface area (Å²) in [5.74, 6) is -1.05. The molecule has 0 heterocycles. The fraction of sp³-hybridized carbons (Fsp3) is 0.250. The molecule has 0 radical (unpaired) electrons. The predicted molar refractivity (Wildman–Crippen MR) is 79.1 cm³/mol. The molecule has 0 aromatic heterocycles. The predicted octanol–water partition coefficient (Wildman–Crippen LogP) is 4.73. The zero-order valence-corrected chi connectivity index (χ0v) is 12.0. The molecule has 0 fully saturated rings. The highest BCUT2D eigenvalue weighted by atomic mass is 35.5. The number of alkyl halides is 1. The van der Waals surface area contributed by atoms with Crippen LogP contribution in [0.4, 0.5) is 14.5 Å². The Morgan fingerprint density at radius 2 is 1.60 bits per heavy atom. The third-order valence-corrected chi connectivity index (χ3v) is 3.45. The van der Waals surface area contributed by atoms with Crippen molar-refractivity contribution in [2.24, 2.45) is 0 Å². The Balaban J connectivity index is 2.32. The number of hydrogen-bond acceptors (Lipinski definition) is 1. The third kappa shape index (κ3) is 3.28. The van der Waals surface area contributed by atoms with Gasteiger partial charge in [-0.3, -0.25) is 0 Å². The summed E-state index contributed by atoms with van der Waals surface area (Å²) in [6.07, 6.45) is 0. The average molecular weight is 296 g/mol. The molecule has 106 valence electrons. The fourth-order valence-corrected chi connectivity index (χ4v) is 2.30. The number of halogens is 3. The molecule has 2 aromatic carbocycles. The van der Waals surface area contributed by atoms with Gasteiger partial charge in [-0.05, 0) is 30.2 Å².